The average molecular weight is 483 g/mol. The van der Waals surface area contributed by atoms with Gasteiger partial charge in [-0.25, -0.2) is 4.79 Å². The average Bonchev–Trinajstić information content (AvgIpc) is 2.76. The molecule has 2 aromatic rings. The molecule has 0 bridgehead atoms. The van der Waals surface area contributed by atoms with Crippen LogP contribution in [0.4, 0.5) is 5.69 Å². The summed E-state index contributed by atoms with van der Waals surface area (Å²) in [5.41, 5.74) is 5.96. The summed E-state index contributed by atoms with van der Waals surface area (Å²) in [4.78, 5) is 19.7. The fraction of sp³-hybridized carbons (Fsp3) is 0.586. The second-order valence-electron chi connectivity index (χ2n) is 11.5. The number of piperidine rings is 1. The number of ether oxygens (including phenoxy) is 1. The molecule has 6 nitrogen and oxygen atoms in total. The minimum atomic E-state index is -1.12. The predicted octanol–water partition coefficient (Wildman–Crippen LogP) is 5.86. The molecule has 6 heteroatoms. The molecule has 1 atom stereocenters. The Kier molecular flexibility index (Phi) is 8.28. The number of aryl methyl sites for hydroxylation is 3. The highest BCUT2D eigenvalue weighted by Crippen LogP contribution is 2.44. The molecule has 1 aliphatic heterocycles. The normalized spacial score (nSPS) is 16.9. The molecule has 0 spiro atoms. The van der Waals surface area contributed by atoms with Gasteiger partial charge in [0, 0.05) is 42.2 Å². The van der Waals surface area contributed by atoms with Gasteiger partial charge in [-0.2, -0.15) is 0 Å². The number of nitrogens with zero attached hydrogens (tertiary/aromatic N) is 2. The van der Waals surface area contributed by atoms with Crippen molar-refractivity contribution in [3.63, 3.8) is 0 Å². The quantitative estimate of drug-likeness (QED) is 0.491. The molecular weight excluding hydrogens is 440 g/mol. The van der Waals surface area contributed by atoms with Crippen molar-refractivity contribution in [2.24, 2.45) is 5.41 Å². The zero-order chi connectivity index (χ0) is 26.0. The van der Waals surface area contributed by atoms with Gasteiger partial charge < -0.3 is 19.8 Å². The number of pyridine rings is 1. The Labute approximate surface area is 210 Å². The van der Waals surface area contributed by atoms with Crippen LogP contribution in [0.2, 0.25) is 0 Å². The first kappa shape index (κ1) is 27.2. The Bertz CT molecular complexity index is 1030. The van der Waals surface area contributed by atoms with E-state index in [4.69, 9.17) is 9.72 Å². The van der Waals surface area contributed by atoms with E-state index in [2.05, 4.69) is 43.0 Å². The molecule has 0 radical (unpaired) electrons. The summed E-state index contributed by atoms with van der Waals surface area (Å²) in [7, 11) is 0. The summed E-state index contributed by atoms with van der Waals surface area (Å²) in [6, 6.07) is 8.36. The van der Waals surface area contributed by atoms with Crippen LogP contribution >= 0.6 is 0 Å². The third-order valence-corrected chi connectivity index (χ3v) is 6.84. The molecule has 1 unspecified atom stereocenters. The van der Waals surface area contributed by atoms with Gasteiger partial charge in [0.05, 0.1) is 11.3 Å². The molecule has 0 aliphatic carbocycles. The molecule has 35 heavy (non-hydrogen) atoms. The maximum atomic E-state index is 12.6. The van der Waals surface area contributed by atoms with Crippen LogP contribution in [0.3, 0.4) is 0 Å². The van der Waals surface area contributed by atoms with Crippen molar-refractivity contribution in [3.05, 3.63) is 46.8 Å². The van der Waals surface area contributed by atoms with Crippen LogP contribution in [-0.4, -0.2) is 46.5 Å². The lowest BCUT2D eigenvalue weighted by Crippen LogP contribution is -2.39. The fourth-order valence-corrected chi connectivity index (χ4v) is 4.88. The van der Waals surface area contributed by atoms with Crippen molar-refractivity contribution < 1.29 is 19.7 Å². The molecule has 1 saturated heterocycles. The van der Waals surface area contributed by atoms with E-state index in [0.717, 1.165) is 61.3 Å². The third-order valence-electron chi connectivity index (χ3n) is 6.84. The van der Waals surface area contributed by atoms with Gasteiger partial charge in [0.1, 0.15) is 0 Å². The number of carboxylic acid groups (broad SMARTS) is 1. The number of hydrogen-bond acceptors (Lipinski definition) is 5. The zero-order valence-electron chi connectivity index (χ0n) is 22.4. The Morgan fingerprint density at radius 2 is 1.71 bits per heavy atom. The van der Waals surface area contributed by atoms with Crippen LogP contribution in [0, 0.1) is 19.3 Å². The van der Waals surface area contributed by atoms with Gasteiger partial charge in [0.25, 0.3) is 0 Å². The van der Waals surface area contributed by atoms with Gasteiger partial charge >= 0.3 is 5.97 Å². The van der Waals surface area contributed by atoms with Crippen molar-refractivity contribution in [1.82, 2.24) is 4.98 Å². The van der Waals surface area contributed by atoms with Gasteiger partial charge in [-0.15, -0.1) is 0 Å². The summed E-state index contributed by atoms with van der Waals surface area (Å²) in [6.45, 7) is 16.0. The number of hydrogen-bond donors (Lipinski definition) is 2. The highest BCUT2D eigenvalue weighted by Gasteiger charge is 2.36. The van der Waals surface area contributed by atoms with Crippen molar-refractivity contribution in [1.29, 1.82) is 0 Å². The van der Waals surface area contributed by atoms with E-state index in [1.165, 1.54) is 5.56 Å². The second-order valence-corrected chi connectivity index (χ2v) is 11.5. The molecule has 1 fully saturated rings. The monoisotopic (exact) mass is 482 g/mol. The third kappa shape index (κ3) is 6.62. The number of aromatic nitrogens is 1. The van der Waals surface area contributed by atoms with E-state index >= 15 is 0 Å². The number of carboxylic acids is 1. The van der Waals surface area contributed by atoms with Crippen LogP contribution in [0.5, 0.6) is 0 Å². The SMILES string of the molecule is Cc1nc(C)c(C(OC(C)(C)C)C(=O)O)c(N2CCC(C)(C)CC2)c1-c1ccc(CCCO)cc1. The Balaban J connectivity index is 2.22. The zero-order valence-corrected chi connectivity index (χ0v) is 22.4. The highest BCUT2D eigenvalue weighted by atomic mass is 16.5. The van der Waals surface area contributed by atoms with Crippen LogP contribution in [0.25, 0.3) is 11.1 Å². The maximum absolute atomic E-state index is 12.6. The number of rotatable bonds is 8. The Hall–Kier alpha value is -2.44. The van der Waals surface area contributed by atoms with Crippen molar-refractivity contribution in [3.8, 4) is 11.1 Å². The molecule has 1 aromatic carbocycles. The molecule has 1 aliphatic rings. The Morgan fingerprint density at radius 3 is 2.23 bits per heavy atom. The van der Waals surface area contributed by atoms with Gasteiger partial charge in [0.15, 0.2) is 6.10 Å². The van der Waals surface area contributed by atoms with E-state index in [1.807, 2.05) is 34.6 Å². The van der Waals surface area contributed by atoms with Crippen LogP contribution in [0.1, 0.15) is 82.5 Å². The van der Waals surface area contributed by atoms with E-state index in [0.29, 0.717) is 11.3 Å². The number of anilines is 1. The molecule has 3 rings (SSSR count). The first-order chi connectivity index (χ1) is 16.3. The molecule has 0 saturated carbocycles. The molecule has 0 amide bonds. The van der Waals surface area contributed by atoms with Gasteiger partial charge in [-0.1, -0.05) is 38.1 Å². The van der Waals surface area contributed by atoms with Crippen molar-refractivity contribution in [2.75, 3.05) is 24.6 Å². The molecule has 2 heterocycles. The minimum absolute atomic E-state index is 0.173. The molecular formula is C29H42N2O4. The Morgan fingerprint density at radius 1 is 1.11 bits per heavy atom. The van der Waals surface area contributed by atoms with Crippen LogP contribution in [-0.2, 0) is 16.0 Å². The number of aliphatic hydroxyl groups is 1. The lowest BCUT2D eigenvalue weighted by atomic mass is 9.81. The topological polar surface area (TPSA) is 82.9 Å². The number of benzene rings is 1. The van der Waals surface area contributed by atoms with Gasteiger partial charge in [0.2, 0.25) is 0 Å². The fourth-order valence-electron chi connectivity index (χ4n) is 4.88. The summed E-state index contributed by atoms with van der Waals surface area (Å²) in [5, 5.41) is 19.5. The number of aliphatic carboxylic acids is 1. The highest BCUT2D eigenvalue weighted by molar-refractivity contribution is 5.88. The standard InChI is InChI=1S/C29H42N2O4/c1-19-23(22-12-10-21(11-13-22)9-8-18-32)25(31-16-14-29(6,7)15-17-31)24(20(2)30-19)26(27(33)34)35-28(3,4)5/h10-13,26,32H,8-9,14-18H2,1-7H3,(H,33,34). The predicted molar refractivity (Wildman–Crippen MR) is 141 cm³/mol. The largest absolute Gasteiger partial charge is 0.479 e. The summed E-state index contributed by atoms with van der Waals surface area (Å²) >= 11 is 0. The first-order valence-corrected chi connectivity index (χ1v) is 12.7. The number of carbonyl (C=O) groups is 1. The maximum Gasteiger partial charge on any atom is 0.337 e. The van der Waals surface area contributed by atoms with Crippen LogP contribution in [0.15, 0.2) is 24.3 Å². The van der Waals surface area contributed by atoms with Crippen molar-refractivity contribution in [2.45, 2.75) is 85.9 Å². The summed E-state index contributed by atoms with van der Waals surface area (Å²) in [5.74, 6) is -1.00. The molecule has 2 N–H and O–H groups in total. The molecule has 1 aromatic heterocycles. The molecule has 192 valence electrons. The number of aliphatic hydroxyl groups excluding tert-OH is 1. The lowest BCUT2D eigenvalue weighted by molar-refractivity contribution is -0.160. The van der Waals surface area contributed by atoms with Gasteiger partial charge in [-0.05, 0) is 76.8 Å². The van der Waals surface area contributed by atoms with Gasteiger partial charge in [-0.3, -0.25) is 4.98 Å². The second kappa shape index (κ2) is 10.7. The lowest BCUT2D eigenvalue weighted by Gasteiger charge is -2.41. The summed E-state index contributed by atoms with van der Waals surface area (Å²) < 4.78 is 6.14. The first-order valence-electron chi connectivity index (χ1n) is 12.7. The van der Waals surface area contributed by atoms with E-state index in [-0.39, 0.29) is 12.0 Å². The summed E-state index contributed by atoms with van der Waals surface area (Å²) in [6.07, 6.45) is 2.50. The smallest absolute Gasteiger partial charge is 0.337 e. The van der Waals surface area contributed by atoms with E-state index < -0.39 is 17.7 Å². The van der Waals surface area contributed by atoms with Crippen molar-refractivity contribution >= 4 is 11.7 Å². The minimum Gasteiger partial charge on any atom is -0.479 e. The van der Waals surface area contributed by atoms with E-state index in [1.54, 1.807) is 0 Å². The van der Waals surface area contributed by atoms with Crippen LogP contribution < -0.4 is 4.90 Å². The van der Waals surface area contributed by atoms with E-state index in [9.17, 15) is 15.0 Å².